The maximum absolute atomic E-state index is 12.0. The van der Waals surface area contributed by atoms with Crippen LogP contribution in [0.2, 0.25) is 0 Å². The summed E-state index contributed by atoms with van der Waals surface area (Å²) in [6.45, 7) is 0.354. The Labute approximate surface area is 126 Å². The fourth-order valence-electron chi connectivity index (χ4n) is 1.41. The van der Waals surface area contributed by atoms with Crippen LogP contribution in [0.1, 0.15) is 10.4 Å². The minimum absolute atomic E-state index is 0.137. The van der Waals surface area contributed by atoms with E-state index in [1.807, 2.05) is 0 Å². The number of benzene rings is 1. The normalized spacial score (nSPS) is 11.9. The fraction of sp³-hybridized carbons (Fsp3) is 0.364. The van der Waals surface area contributed by atoms with Gasteiger partial charge in [-0.05, 0) is 6.07 Å². The average Bonchev–Trinajstić information content (AvgIpc) is 2.37. The number of nitro groups is 1. The zero-order valence-electron chi connectivity index (χ0n) is 10.1. The molecule has 1 amide bonds. The first kappa shape index (κ1) is 16.1. The van der Waals surface area contributed by atoms with Gasteiger partial charge in [-0.3, -0.25) is 14.9 Å². The van der Waals surface area contributed by atoms with E-state index in [4.69, 9.17) is 4.74 Å². The zero-order valence-corrected chi connectivity index (χ0v) is 13.2. The van der Waals surface area contributed by atoms with Crippen LogP contribution in [0.15, 0.2) is 22.7 Å². The number of nitro benzene ring substituents is 1. The van der Waals surface area contributed by atoms with Crippen LogP contribution in [0.25, 0.3) is 0 Å². The number of nitrogens with zero attached hydrogens (tertiary/aromatic N) is 1. The van der Waals surface area contributed by atoms with Crippen molar-refractivity contribution in [3.8, 4) is 0 Å². The maximum atomic E-state index is 12.0. The highest BCUT2D eigenvalue weighted by Gasteiger charge is 2.16. The molecule has 0 spiro atoms. The van der Waals surface area contributed by atoms with E-state index in [-0.39, 0.29) is 23.2 Å². The van der Waals surface area contributed by atoms with Crippen molar-refractivity contribution in [1.29, 1.82) is 0 Å². The lowest BCUT2D eigenvalue weighted by Crippen LogP contribution is -2.39. The summed E-state index contributed by atoms with van der Waals surface area (Å²) in [5, 5.41) is 14.0. The Hall–Kier alpha value is -0.990. The van der Waals surface area contributed by atoms with E-state index in [0.717, 1.165) is 0 Å². The molecule has 0 aromatic heterocycles. The molecule has 0 aliphatic heterocycles. The summed E-state index contributed by atoms with van der Waals surface area (Å²) < 4.78 is 5.44. The van der Waals surface area contributed by atoms with Gasteiger partial charge in [0.15, 0.2) is 0 Å². The largest absolute Gasteiger partial charge is 0.383 e. The molecule has 1 aromatic rings. The van der Waals surface area contributed by atoms with Gasteiger partial charge >= 0.3 is 0 Å². The highest BCUT2D eigenvalue weighted by atomic mass is 79.9. The number of amides is 1. The number of non-ortho nitro benzene ring substituents is 1. The van der Waals surface area contributed by atoms with Gasteiger partial charge in [0.05, 0.1) is 17.6 Å². The number of nitrogens with one attached hydrogen (secondary N) is 1. The molecule has 1 rings (SSSR count). The quantitative estimate of drug-likeness (QED) is 0.455. The van der Waals surface area contributed by atoms with E-state index in [9.17, 15) is 14.9 Å². The van der Waals surface area contributed by atoms with Gasteiger partial charge in [-0.1, -0.05) is 31.9 Å². The van der Waals surface area contributed by atoms with Crippen LogP contribution in [0.3, 0.4) is 0 Å². The summed E-state index contributed by atoms with van der Waals surface area (Å²) in [6.07, 6.45) is 0. The van der Waals surface area contributed by atoms with Gasteiger partial charge in [0.1, 0.15) is 0 Å². The molecule has 0 heterocycles. The number of halogens is 2. The van der Waals surface area contributed by atoms with Crippen LogP contribution in [-0.4, -0.2) is 35.9 Å². The first-order chi connectivity index (χ1) is 8.97. The molecule has 1 N–H and O–H groups in total. The zero-order chi connectivity index (χ0) is 14.4. The number of hydrogen-bond acceptors (Lipinski definition) is 4. The predicted molar refractivity (Wildman–Crippen MR) is 77.7 cm³/mol. The van der Waals surface area contributed by atoms with Gasteiger partial charge in [-0.15, -0.1) is 0 Å². The van der Waals surface area contributed by atoms with E-state index in [1.165, 1.54) is 25.3 Å². The number of rotatable bonds is 6. The number of methoxy groups -OCH3 is 1. The molecule has 0 aliphatic rings. The van der Waals surface area contributed by atoms with Crippen molar-refractivity contribution in [3.05, 3.63) is 38.3 Å². The molecule has 0 aliphatic carbocycles. The number of alkyl halides is 1. The highest BCUT2D eigenvalue weighted by Crippen LogP contribution is 2.21. The smallest absolute Gasteiger partial charge is 0.271 e. The van der Waals surface area contributed by atoms with Gasteiger partial charge in [0.2, 0.25) is 0 Å². The number of ether oxygens (including phenoxy) is 1. The second-order valence-corrected chi connectivity index (χ2v) is 5.30. The Morgan fingerprint density at radius 2 is 2.21 bits per heavy atom. The summed E-state index contributed by atoms with van der Waals surface area (Å²) in [7, 11) is 1.53. The summed E-state index contributed by atoms with van der Waals surface area (Å²) in [5.74, 6) is -0.383. The molecule has 1 aromatic carbocycles. The second-order valence-electron chi connectivity index (χ2n) is 3.74. The van der Waals surface area contributed by atoms with Gasteiger partial charge in [0.25, 0.3) is 11.6 Å². The summed E-state index contributed by atoms with van der Waals surface area (Å²) in [6, 6.07) is 3.91. The van der Waals surface area contributed by atoms with Crippen molar-refractivity contribution in [1.82, 2.24) is 5.32 Å². The minimum atomic E-state index is -0.543. The maximum Gasteiger partial charge on any atom is 0.271 e. The molecule has 1 atom stereocenters. The molecular weight excluding hydrogens is 384 g/mol. The second kappa shape index (κ2) is 7.56. The van der Waals surface area contributed by atoms with Crippen LogP contribution in [-0.2, 0) is 4.74 Å². The molecule has 1 unspecified atom stereocenters. The van der Waals surface area contributed by atoms with Crippen LogP contribution in [0.4, 0.5) is 5.69 Å². The molecule has 8 heteroatoms. The minimum Gasteiger partial charge on any atom is -0.383 e. The van der Waals surface area contributed by atoms with Crippen molar-refractivity contribution in [3.63, 3.8) is 0 Å². The van der Waals surface area contributed by atoms with E-state index in [2.05, 4.69) is 37.2 Å². The monoisotopic (exact) mass is 394 g/mol. The van der Waals surface area contributed by atoms with Gasteiger partial charge in [-0.2, -0.15) is 0 Å². The summed E-state index contributed by atoms with van der Waals surface area (Å²) in [4.78, 5) is 22.2. The highest BCUT2D eigenvalue weighted by molar-refractivity contribution is 9.10. The van der Waals surface area contributed by atoms with Crippen molar-refractivity contribution in [2.45, 2.75) is 6.04 Å². The Morgan fingerprint density at radius 3 is 2.74 bits per heavy atom. The van der Waals surface area contributed by atoms with E-state index < -0.39 is 4.92 Å². The topological polar surface area (TPSA) is 81.5 Å². The molecule has 104 valence electrons. The first-order valence-corrected chi connectivity index (χ1v) is 7.20. The van der Waals surface area contributed by atoms with Crippen LogP contribution < -0.4 is 5.32 Å². The summed E-state index contributed by atoms with van der Waals surface area (Å²) in [5.41, 5.74) is 0.0878. The van der Waals surface area contributed by atoms with Gasteiger partial charge in [0, 0.05) is 34.6 Å². The Bertz CT molecular complexity index is 482. The predicted octanol–water partition coefficient (Wildman–Crippen LogP) is 2.50. The molecule has 0 saturated carbocycles. The standard InChI is InChI=1S/C11H12Br2N2O4/c1-19-6-9(5-12)14-11(16)7-2-8(13)4-10(3-7)15(17)18/h2-4,9H,5-6H2,1H3,(H,14,16). The fourth-order valence-corrected chi connectivity index (χ4v) is 2.24. The Kier molecular flexibility index (Phi) is 6.40. The lowest BCUT2D eigenvalue weighted by molar-refractivity contribution is -0.385. The number of hydrogen-bond donors (Lipinski definition) is 1. The lowest BCUT2D eigenvalue weighted by Gasteiger charge is -2.15. The number of carbonyl (C=O) groups excluding carboxylic acids is 1. The van der Waals surface area contributed by atoms with Crippen LogP contribution in [0, 0.1) is 10.1 Å². The van der Waals surface area contributed by atoms with Crippen molar-refractivity contribution < 1.29 is 14.5 Å². The number of carbonyl (C=O) groups is 1. The molecule has 0 radical (unpaired) electrons. The molecule has 6 nitrogen and oxygen atoms in total. The van der Waals surface area contributed by atoms with Gasteiger partial charge < -0.3 is 10.1 Å². The third-order valence-electron chi connectivity index (χ3n) is 2.24. The third kappa shape index (κ3) is 4.88. The summed E-state index contributed by atoms with van der Waals surface area (Å²) >= 11 is 6.40. The SMILES string of the molecule is COCC(CBr)NC(=O)c1cc(Br)cc([N+](=O)[O-])c1. The van der Waals surface area contributed by atoms with Crippen molar-refractivity contribution in [2.24, 2.45) is 0 Å². The Morgan fingerprint density at radius 1 is 1.53 bits per heavy atom. The average molecular weight is 396 g/mol. The van der Waals surface area contributed by atoms with E-state index in [0.29, 0.717) is 16.4 Å². The molecular formula is C11H12Br2N2O4. The van der Waals surface area contributed by atoms with Crippen molar-refractivity contribution >= 4 is 43.5 Å². The third-order valence-corrected chi connectivity index (χ3v) is 3.48. The van der Waals surface area contributed by atoms with Gasteiger partial charge in [-0.25, -0.2) is 0 Å². The van der Waals surface area contributed by atoms with E-state index in [1.54, 1.807) is 0 Å². The molecule has 0 saturated heterocycles. The molecule has 19 heavy (non-hydrogen) atoms. The van der Waals surface area contributed by atoms with E-state index >= 15 is 0 Å². The molecule has 0 bridgehead atoms. The lowest BCUT2D eigenvalue weighted by atomic mass is 10.2. The van der Waals surface area contributed by atoms with Crippen LogP contribution >= 0.6 is 31.9 Å². The Balaban J connectivity index is 2.90. The first-order valence-electron chi connectivity index (χ1n) is 5.28. The van der Waals surface area contributed by atoms with Crippen molar-refractivity contribution in [2.75, 3.05) is 19.0 Å². The molecule has 0 fully saturated rings. The van der Waals surface area contributed by atoms with Crippen LogP contribution in [0.5, 0.6) is 0 Å².